The van der Waals surface area contributed by atoms with Crippen LogP contribution in [0.5, 0.6) is 5.75 Å². The topological polar surface area (TPSA) is 37.2 Å². The number of rotatable bonds is 3. The molecule has 3 aromatic rings. The molecule has 3 heteroatoms. The summed E-state index contributed by atoms with van der Waals surface area (Å²) in [6.45, 7) is 0.741. The standard InChI is InChI=1S/C16H16N2O/c1-18-11-12(15-7-2-3-8-16(15)18)10-17-13-5-4-6-14(19)9-13/h2-9,11,17,19H,10H2,1H3. The molecule has 2 N–H and O–H groups in total. The van der Waals surface area contributed by atoms with E-state index >= 15 is 0 Å². The zero-order valence-electron chi connectivity index (χ0n) is 10.8. The highest BCUT2D eigenvalue weighted by Crippen LogP contribution is 2.22. The van der Waals surface area contributed by atoms with E-state index in [0.717, 1.165) is 12.2 Å². The van der Waals surface area contributed by atoms with Crippen molar-refractivity contribution >= 4 is 16.6 Å². The van der Waals surface area contributed by atoms with E-state index in [9.17, 15) is 5.11 Å². The summed E-state index contributed by atoms with van der Waals surface area (Å²) in [5, 5.41) is 14.0. The summed E-state index contributed by atoms with van der Waals surface area (Å²) in [6, 6.07) is 15.5. The van der Waals surface area contributed by atoms with E-state index in [4.69, 9.17) is 0 Å². The number of aryl methyl sites for hydroxylation is 1. The Hall–Kier alpha value is -2.42. The highest BCUT2D eigenvalue weighted by Gasteiger charge is 2.05. The third-order valence-corrected chi connectivity index (χ3v) is 3.31. The minimum Gasteiger partial charge on any atom is -0.508 e. The molecule has 0 amide bonds. The van der Waals surface area contributed by atoms with Crippen molar-refractivity contribution in [2.24, 2.45) is 7.05 Å². The number of nitrogens with zero attached hydrogens (tertiary/aromatic N) is 1. The molecule has 0 saturated carbocycles. The summed E-state index contributed by atoms with van der Waals surface area (Å²) in [5.41, 5.74) is 3.41. The van der Waals surface area contributed by atoms with E-state index < -0.39 is 0 Å². The van der Waals surface area contributed by atoms with Gasteiger partial charge in [0.25, 0.3) is 0 Å². The van der Waals surface area contributed by atoms with Crippen LogP contribution in [0.2, 0.25) is 0 Å². The van der Waals surface area contributed by atoms with Crippen LogP contribution in [0.1, 0.15) is 5.56 Å². The lowest BCUT2D eigenvalue weighted by molar-refractivity contribution is 0.475. The number of hydrogen-bond donors (Lipinski definition) is 2. The molecule has 2 aromatic carbocycles. The van der Waals surface area contributed by atoms with Crippen molar-refractivity contribution in [2.45, 2.75) is 6.54 Å². The Morgan fingerprint density at radius 1 is 1.11 bits per heavy atom. The largest absolute Gasteiger partial charge is 0.508 e. The van der Waals surface area contributed by atoms with Crippen LogP contribution in [0, 0.1) is 0 Å². The Kier molecular flexibility index (Phi) is 2.88. The number of aromatic nitrogens is 1. The smallest absolute Gasteiger partial charge is 0.117 e. The number of para-hydroxylation sites is 1. The van der Waals surface area contributed by atoms with Gasteiger partial charge in [0.05, 0.1) is 0 Å². The number of benzene rings is 2. The summed E-state index contributed by atoms with van der Waals surface area (Å²) < 4.78 is 2.13. The fourth-order valence-electron chi connectivity index (χ4n) is 2.38. The molecule has 0 atom stereocenters. The van der Waals surface area contributed by atoms with Crippen LogP contribution in [0.25, 0.3) is 10.9 Å². The zero-order chi connectivity index (χ0) is 13.2. The first-order valence-electron chi connectivity index (χ1n) is 6.30. The van der Waals surface area contributed by atoms with Crippen LogP contribution in [0.15, 0.2) is 54.7 Å². The molecule has 1 aromatic heterocycles. The molecule has 0 aliphatic heterocycles. The number of fused-ring (bicyclic) bond motifs is 1. The Bertz CT molecular complexity index is 716. The Labute approximate surface area is 112 Å². The van der Waals surface area contributed by atoms with Gasteiger partial charge in [0, 0.05) is 42.4 Å². The zero-order valence-corrected chi connectivity index (χ0v) is 10.8. The third kappa shape index (κ3) is 2.27. The number of phenols is 1. The summed E-state index contributed by atoms with van der Waals surface area (Å²) >= 11 is 0. The minimum atomic E-state index is 0.280. The van der Waals surface area contributed by atoms with Gasteiger partial charge in [-0.1, -0.05) is 24.3 Å². The molecule has 0 bridgehead atoms. The molecule has 0 aliphatic carbocycles. The van der Waals surface area contributed by atoms with Gasteiger partial charge in [-0.3, -0.25) is 0 Å². The molecule has 1 heterocycles. The molecule has 0 fully saturated rings. The van der Waals surface area contributed by atoms with Crippen molar-refractivity contribution in [2.75, 3.05) is 5.32 Å². The fraction of sp³-hybridized carbons (Fsp3) is 0.125. The lowest BCUT2D eigenvalue weighted by Crippen LogP contribution is -1.98. The summed E-state index contributed by atoms with van der Waals surface area (Å²) in [7, 11) is 2.06. The van der Waals surface area contributed by atoms with Gasteiger partial charge >= 0.3 is 0 Å². The van der Waals surface area contributed by atoms with Crippen molar-refractivity contribution in [1.82, 2.24) is 4.57 Å². The molecule has 0 radical (unpaired) electrons. The Morgan fingerprint density at radius 3 is 2.79 bits per heavy atom. The van der Waals surface area contributed by atoms with Gasteiger partial charge in [0.2, 0.25) is 0 Å². The SMILES string of the molecule is Cn1cc(CNc2cccc(O)c2)c2ccccc21. The quantitative estimate of drug-likeness (QED) is 0.748. The van der Waals surface area contributed by atoms with E-state index in [-0.39, 0.29) is 5.75 Å². The molecular formula is C16H16N2O. The number of anilines is 1. The molecule has 0 aliphatic rings. The molecular weight excluding hydrogens is 236 g/mol. The summed E-state index contributed by atoms with van der Waals surface area (Å²) in [5.74, 6) is 0.280. The van der Waals surface area contributed by atoms with Crippen LogP contribution in [-0.2, 0) is 13.6 Å². The second-order valence-corrected chi connectivity index (χ2v) is 4.69. The van der Waals surface area contributed by atoms with Crippen molar-refractivity contribution in [3.8, 4) is 5.75 Å². The first-order chi connectivity index (χ1) is 9.24. The number of hydrogen-bond acceptors (Lipinski definition) is 2. The predicted molar refractivity (Wildman–Crippen MR) is 78.4 cm³/mol. The fourth-order valence-corrected chi connectivity index (χ4v) is 2.38. The molecule has 3 rings (SSSR count). The predicted octanol–water partition coefficient (Wildman–Crippen LogP) is 3.50. The maximum absolute atomic E-state index is 9.44. The van der Waals surface area contributed by atoms with E-state index in [1.165, 1.54) is 16.5 Å². The maximum Gasteiger partial charge on any atom is 0.117 e. The van der Waals surface area contributed by atoms with E-state index in [0.29, 0.717) is 0 Å². The van der Waals surface area contributed by atoms with Gasteiger partial charge in [-0.25, -0.2) is 0 Å². The normalized spacial score (nSPS) is 10.8. The molecule has 96 valence electrons. The van der Waals surface area contributed by atoms with E-state index in [1.807, 2.05) is 12.1 Å². The van der Waals surface area contributed by atoms with Crippen molar-refractivity contribution in [1.29, 1.82) is 0 Å². The van der Waals surface area contributed by atoms with Crippen LogP contribution in [0.4, 0.5) is 5.69 Å². The lowest BCUT2D eigenvalue weighted by atomic mass is 10.2. The van der Waals surface area contributed by atoms with Gasteiger partial charge < -0.3 is 15.0 Å². The number of aromatic hydroxyl groups is 1. The van der Waals surface area contributed by atoms with Gasteiger partial charge in [0.15, 0.2) is 0 Å². The Morgan fingerprint density at radius 2 is 1.95 bits per heavy atom. The molecule has 0 saturated heterocycles. The van der Waals surface area contributed by atoms with Gasteiger partial charge in [0.1, 0.15) is 5.75 Å². The second kappa shape index (κ2) is 4.69. The average Bonchev–Trinajstić information content (AvgIpc) is 2.74. The van der Waals surface area contributed by atoms with E-state index in [2.05, 4.69) is 47.4 Å². The van der Waals surface area contributed by atoms with Gasteiger partial charge in [-0.05, 0) is 23.8 Å². The van der Waals surface area contributed by atoms with Crippen LogP contribution >= 0.6 is 0 Å². The highest BCUT2D eigenvalue weighted by molar-refractivity contribution is 5.84. The van der Waals surface area contributed by atoms with Gasteiger partial charge in [-0.2, -0.15) is 0 Å². The molecule has 19 heavy (non-hydrogen) atoms. The molecule has 3 nitrogen and oxygen atoms in total. The molecule has 0 unspecified atom stereocenters. The van der Waals surface area contributed by atoms with Crippen LogP contribution < -0.4 is 5.32 Å². The van der Waals surface area contributed by atoms with Crippen molar-refractivity contribution in [3.63, 3.8) is 0 Å². The Balaban J connectivity index is 1.86. The number of nitrogens with one attached hydrogen (secondary N) is 1. The van der Waals surface area contributed by atoms with Gasteiger partial charge in [-0.15, -0.1) is 0 Å². The van der Waals surface area contributed by atoms with Crippen molar-refractivity contribution in [3.05, 3.63) is 60.3 Å². The highest BCUT2D eigenvalue weighted by atomic mass is 16.3. The summed E-state index contributed by atoms with van der Waals surface area (Å²) in [6.07, 6.45) is 2.14. The lowest BCUT2D eigenvalue weighted by Gasteiger charge is -2.05. The minimum absolute atomic E-state index is 0.280. The maximum atomic E-state index is 9.44. The third-order valence-electron chi connectivity index (χ3n) is 3.31. The first kappa shape index (κ1) is 11.7. The second-order valence-electron chi connectivity index (χ2n) is 4.69. The molecule has 0 spiro atoms. The van der Waals surface area contributed by atoms with Crippen LogP contribution in [0.3, 0.4) is 0 Å². The first-order valence-corrected chi connectivity index (χ1v) is 6.30. The van der Waals surface area contributed by atoms with Crippen LogP contribution in [-0.4, -0.2) is 9.67 Å². The number of phenolic OH excluding ortho intramolecular Hbond substituents is 1. The summed E-state index contributed by atoms with van der Waals surface area (Å²) in [4.78, 5) is 0. The van der Waals surface area contributed by atoms with Crippen molar-refractivity contribution < 1.29 is 5.11 Å². The van der Waals surface area contributed by atoms with E-state index in [1.54, 1.807) is 12.1 Å². The monoisotopic (exact) mass is 252 g/mol. The average molecular weight is 252 g/mol.